The lowest BCUT2D eigenvalue weighted by Crippen LogP contribution is -2.30. The van der Waals surface area contributed by atoms with Crippen molar-refractivity contribution in [1.29, 1.82) is 0 Å². The van der Waals surface area contributed by atoms with Crippen molar-refractivity contribution in [3.63, 3.8) is 0 Å². The maximum atomic E-state index is 12.9. The lowest BCUT2D eigenvalue weighted by molar-refractivity contribution is -0.161. The van der Waals surface area contributed by atoms with Crippen molar-refractivity contribution in [2.75, 3.05) is 26.4 Å². The average Bonchev–Trinajstić information content (AvgIpc) is 3.32. The molecule has 0 amide bonds. The molecule has 3 unspecified atom stereocenters. The van der Waals surface area contributed by atoms with E-state index >= 15 is 0 Å². The van der Waals surface area contributed by atoms with E-state index in [1.165, 1.54) is 32.1 Å². The Morgan fingerprint density at radius 3 is 1.24 bits per heavy atom. The molecule has 12 heteroatoms. The Balaban J connectivity index is 4.80. The van der Waals surface area contributed by atoms with E-state index in [-0.39, 0.29) is 25.9 Å². The molecule has 392 valence electrons. The van der Waals surface area contributed by atoms with Gasteiger partial charge < -0.3 is 24.2 Å². The van der Waals surface area contributed by atoms with Gasteiger partial charge in [0.15, 0.2) is 6.10 Å². The lowest BCUT2D eigenvalue weighted by Gasteiger charge is -2.21. The van der Waals surface area contributed by atoms with Gasteiger partial charge in [-0.15, -0.1) is 0 Å². The van der Waals surface area contributed by atoms with Gasteiger partial charge in [0.25, 0.3) is 0 Å². The molecule has 0 aliphatic heterocycles. The molecular weight excluding hydrogens is 880 g/mol. The number of aliphatic hydroxyl groups is 1. The van der Waals surface area contributed by atoms with E-state index in [1.54, 1.807) is 0 Å². The summed E-state index contributed by atoms with van der Waals surface area (Å²) < 4.78 is 39.4. The largest absolute Gasteiger partial charge is 0.472 e. The molecular formula is C56H97O11P. The number of esters is 3. The van der Waals surface area contributed by atoms with Gasteiger partial charge in [-0.05, 0) is 103 Å². The van der Waals surface area contributed by atoms with Crippen LogP contribution in [0.25, 0.3) is 0 Å². The fraction of sp³-hybridized carbons (Fsp3) is 0.732. The predicted molar refractivity (Wildman–Crippen MR) is 279 cm³/mol. The highest BCUT2D eigenvalue weighted by atomic mass is 31.2. The molecule has 0 radical (unpaired) electrons. The third kappa shape index (κ3) is 48.0. The smallest absolute Gasteiger partial charge is 0.462 e. The Morgan fingerprint density at radius 2 is 0.779 bits per heavy atom. The van der Waals surface area contributed by atoms with E-state index in [0.717, 1.165) is 135 Å². The molecule has 68 heavy (non-hydrogen) atoms. The van der Waals surface area contributed by atoms with Crippen molar-refractivity contribution in [3.8, 4) is 0 Å². The first-order valence-corrected chi connectivity index (χ1v) is 28.3. The Hall–Kier alpha value is -3.08. The zero-order valence-electron chi connectivity index (χ0n) is 43.1. The van der Waals surface area contributed by atoms with E-state index in [0.29, 0.717) is 19.3 Å². The molecule has 3 atom stereocenters. The van der Waals surface area contributed by atoms with Crippen molar-refractivity contribution >= 4 is 25.7 Å². The van der Waals surface area contributed by atoms with Crippen LogP contribution in [-0.4, -0.2) is 66.5 Å². The van der Waals surface area contributed by atoms with Gasteiger partial charge in [0.2, 0.25) is 0 Å². The van der Waals surface area contributed by atoms with E-state index in [1.807, 2.05) is 0 Å². The van der Waals surface area contributed by atoms with Crippen molar-refractivity contribution < 1.29 is 52.2 Å². The molecule has 0 spiro atoms. The van der Waals surface area contributed by atoms with Crippen molar-refractivity contribution in [3.05, 3.63) is 72.9 Å². The van der Waals surface area contributed by atoms with Crippen molar-refractivity contribution in [1.82, 2.24) is 0 Å². The molecule has 0 aromatic carbocycles. The molecule has 0 aromatic heterocycles. The monoisotopic (exact) mass is 977 g/mol. The highest BCUT2D eigenvalue weighted by molar-refractivity contribution is 7.47. The summed E-state index contributed by atoms with van der Waals surface area (Å²) in [6, 6.07) is 0. The molecule has 0 bridgehead atoms. The number of allylic oxidation sites excluding steroid dienone is 12. The summed E-state index contributed by atoms with van der Waals surface area (Å²) in [4.78, 5) is 48.3. The van der Waals surface area contributed by atoms with Crippen LogP contribution in [0.5, 0.6) is 0 Å². The first-order chi connectivity index (χ1) is 33.2. The Bertz CT molecular complexity index is 1420. The topological polar surface area (TPSA) is 155 Å². The number of carbonyl (C=O) groups excluding carboxylic acids is 3. The van der Waals surface area contributed by atoms with Crippen LogP contribution in [0.4, 0.5) is 0 Å². The van der Waals surface area contributed by atoms with Crippen LogP contribution >= 0.6 is 7.82 Å². The Kier molecular flexibility index (Phi) is 48.0. The van der Waals surface area contributed by atoms with Crippen LogP contribution in [-0.2, 0) is 42.2 Å². The minimum absolute atomic E-state index is 0.143. The zero-order chi connectivity index (χ0) is 49.9. The van der Waals surface area contributed by atoms with Gasteiger partial charge >= 0.3 is 25.7 Å². The average molecular weight is 977 g/mol. The number of carbonyl (C=O) groups is 3. The van der Waals surface area contributed by atoms with Crippen LogP contribution in [0, 0.1) is 0 Å². The van der Waals surface area contributed by atoms with E-state index in [2.05, 4.69) is 93.7 Å². The highest BCUT2D eigenvalue weighted by Crippen LogP contribution is 2.43. The fourth-order valence-electron chi connectivity index (χ4n) is 6.97. The van der Waals surface area contributed by atoms with Crippen LogP contribution < -0.4 is 0 Å². The summed E-state index contributed by atoms with van der Waals surface area (Å²) in [5.41, 5.74) is 0. The second-order valence-corrected chi connectivity index (χ2v) is 19.1. The summed E-state index contributed by atoms with van der Waals surface area (Å²) >= 11 is 0. The Labute approximate surface area is 414 Å². The maximum Gasteiger partial charge on any atom is 0.472 e. The van der Waals surface area contributed by atoms with E-state index in [9.17, 15) is 28.9 Å². The van der Waals surface area contributed by atoms with Crippen LogP contribution in [0.1, 0.15) is 226 Å². The minimum atomic E-state index is -4.75. The standard InChI is InChI=1S/C56H97O11P/c1-4-7-10-13-16-19-22-24-26-28-31-33-36-39-42-45-54(58)63-49-53(67-56(60)47-44-41-38-35-32-29-27-25-23-20-17-14-11-8-5-2)51-65-68(61,62)64-50-52(48-57)66-55(59)46-43-40-37-34-30-21-18-15-12-9-6-3/h8,11,15-20,24-27,52-53,57H,4-7,9-10,12-14,21-23,28-51H2,1-3H3,(H,61,62)/b11-8-,18-15-,19-16-,20-17-,26-24-,27-25-. The normalized spacial score (nSPS) is 14.0. The third-order valence-corrected chi connectivity index (χ3v) is 12.0. The van der Waals surface area contributed by atoms with Gasteiger partial charge in [0, 0.05) is 19.3 Å². The molecule has 0 rings (SSSR count). The second kappa shape index (κ2) is 50.3. The molecule has 0 aliphatic rings. The molecule has 0 saturated carbocycles. The summed E-state index contributed by atoms with van der Waals surface area (Å²) in [6.45, 7) is 4.41. The first-order valence-electron chi connectivity index (χ1n) is 26.8. The van der Waals surface area contributed by atoms with E-state index in [4.69, 9.17) is 23.3 Å². The molecule has 2 N–H and O–H groups in total. The fourth-order valence-corrected chi connectivity index (χ4v) is 7.75. The lowest BCUT2D eigenvalue weighted by atomic mass is 10.1. The molecule has 0 fully saturated rings. The third-order valence-electron chi connectivity index (χ3n) is 11.1. The zero-order valence-corrected chi connectivity index (χ0v) is 43.9. The number of phosphoric acid groups is 1. The summed E-state index contributed by atoms with van der Waals surface area (Å²) in [5.74, 6) is -1.51. The van der Waals surface area contributed by atoms with Gasteiger partial charge in [-0.3, -0.25) is 23.4 Å². The minimum Gasteiger partial charge on any atom is -0.462 e. The quantitative estimate of drug-likeness (QED) is 0.0197. The summed E-state index contributed by atoms with van der Waals surface area (Å²) in [7, 11) is -4.75. The predicted octanol–water partition coefficient (Wildman–Crippen LogP) is 15.4. The van der Waals surface area contributed by atoms with Crippen LogP contribution in [0.15, 0.2) is 72.9 Å². The number of rotatable bonds is 49. The Morgan fingerprint density at radius 1 is 0.426 bits per heavy atom. The van der Waals surface area contributed by atoms with Crippen LogP contribution in [0.3, 0.4) is 0 Å². The number of hydrogen-bond donors (Lipinski definition) is 2. The number of unbranched alkanes of at least 4 members (excludes halogenated alkanes) is 20. The van der Waals surface area contributed by atoms with Gasteiger partial charge in [0.05, 0.1) is 19.8 Å². The van der Waals surface area contributed by atoms with Gasteiger partial charge in [-0.25, -0.2) is 4.57 Å². The number of phosphoric ester groups is 1. The van der Waals surface area contributed by atoms with Crippen molar-refractivity contribution in [2.24, 2.45) is 0 Å². The summed E-state index contributed by atoms with van der Waals surface area (Å²) in [6.07, 6.45) is 54.4. The van der Waals surface area contributed by atoms with Gasteiger partial charge in [-0.2, -0.15) is 0 Å². The van der Waals surface area contributed by atoms with Gasteiger partial charge in [0.1, 0.15) is 12.7 Å². The number of aliphatic hydroxyl groups excluding tert-OH is 1. The maximum absolute atomic E-state index is 12.9. The molecule has 11 nitrogen and oxygen atoms in total. The number of hydrogen-bond acceptors (Lipinski definition) is 10. The van der Waals surface area contributed by atoms with E-state index < -0.39 is 57.8 Å². The first kappa shape index (κ1) is 64.9. The highest BCUT2D eigenvalue weighted by Gasteiger charge is 2.28. The second-order valence-electron chi connectivity index (χ2n) is 17.7. The molecule has 0 aromatic rings. The SMILES string of the molecule is CC/C=C\C/C=C\C/C=C\CCCCCCCC(=O)OC(COC(=O)CCCCCCC/C=C\C/C=C\CCCCC)COP(=O)(O)OCC(CO)OC(=O)CCCCCCC/C=C\CCCC. The van der Waals surface area contributed by atoms with Gasteiger partial charge in [-0.1, -0.05) is 177 Å². The molecule has 0 heterocycles. The van der Waals surface area contributed by atoms with Crippen LogP contribution in [0.2, 0.25) is 0 Å². The van der Waals surface area contributed by atoms with Crippen molar-refractivity contribution in [2.45, 2.75) is 238 Å². The molecule has 0 saturated heterocycles. The molecule has 0 aliphatic carbocycles. The number of ether oxygens (including phenoxy) is 3. The summed E-state index contributed by atoms with van der Waals surface area (Å²) in [5, 5.41) is 9.77.